The first-order valence-corrected chi connectivity index (χ1v) is 13.8. The van der Waals surface area contributed by atoms with Crippen LogP contribution in [-0.4, -0.2) is 45.6 Å². The van der Waals surface area contributed by atoms with Crippen LogP contribution in [0.15, 0.2) is 65.7 Å². The predicted molar refractivity (Wildman–Crippen MR) is 146 cm³/mol. The third-order valence-electron chi connectivity index (χ3n) is 7.20. The van der Waals surface area contributed by atoms with Crippen LogP contribution >= 0.6 is 0 Å². The fourth-order valence-corrected chi connectivity index (χ4v) is 6.43. The van der Waals surface area contributed by atoms with Crippen LogP contribution in [0, 0.1) is 13.8 Å². The Hall–Kier alpha value is -4.18. The molecule has 39 heavy (non-hydrogen) atoms. The number of nitrogens with one attached hydrogen (secondary N) is 1. The zero-order chi connectivity index (χ0) is 27.9. The summed E-state index contributed by atoms with van der Waals surface area (Å²) in [6, 6.07) is 15.6. The Balaban J connectivity index is 1.60. The number of carbonyl (C=O) groups excluding carboxylic acids is 1. The average Bonchev–Trinajstić information content (AvgIpc) is 3.69. The number of aromatic nitrogens is 2. The number of sulfonamides is 1. The van der Waals surface area contributed by atoms with Gasteiger partial charge in [-0.3, -0.25) is 9.78 Å². The molecule has 0 unspecified atom stereocenters. The highest BCUT2D eigenvalue weighted by molar-refractivity contribution is 7.90. The van der Waals surface area contributed by atoms with E-state index in [1.54, 1.807) is 42.6 Å². The van der Waals surface area contributed by atoms with Gasteiger partial charge in [-0.25, -0.2) is 18.1 Å². The van der Waals surface area contributed by atoms with Gasteiger partial charge in [0.1, 0.15) is 5.75 Å². The smallest absolute Gasteiger partial charge is 0.264 e. The van der Waals surface area contributed by atoms with Crippen molar-refractivity contribution in [1.29, 1.82) is 0 Å². The molecular formula is C29H29N3O6S. The molecule has 1 aliphatic carbocycles. The first-order valence-electron chi connectivity index (χ1n) is 12.3. The highest BCUT2D eigenvalue weighted by atomic mass is 32.2. The van der Waals surface area contributed by atoms with Crippen LogP contribution in [0.2, 0.25) is 0 Å². The average molecular weight is 548 g/mol. The number of fused-ring (bicyclic) bond motifs is 1. The fourth-order valence-electron chi connectivity index (χ4n) is 5.18. The van der Waals surface area contributed by atoms with Gasteiger partial charge in [0, 0.05) is 28.8 Å². The van der Waals surface area contributed by atoms with Gasteiger partial charge in [-0.05, 0) is 62.2 Å². The lowest BCUT2D eigenvalue weighted by molar-refractivity contribution is -0.122. The van der Waals surface area contributed by atoms with Crippen molar-refractivity contribution in [3.05, 3.63) is 83.2 Å². The molecule has 5 rings (SSSR count). The normalized spacial score (nSPS) is 18.4. The van der Waals surface area contributed by atoms with Crippen LogP contribution < -0.4 is 18.9 Å². The lowest BCUT2D eigenvalue weighted by atomic mass is 9.88. The zero-order valence-electron chi connectivity index (χ0n) is 22.3. The van der Waals surface area contributed by atoms with Crippen LogP contribution in [0.5, 0.6) is 17.4 Å². The molecule has 0 spiro atoms. The third-order valence-corrected chi connectivity index (χ3v) is 8.59. The maximum absolute atomic E-state index is 14.1. The van der Waals surface area contributed by atoms with E-state index in [1.807, 2.05) is 26.0 Å². The second kappa shape index (κ2) is 9.85. The van der Waals surface area contributed by atoms with Crippen molar-refractivity contribution in [1.82, 2.24) is 14.7 Å². The minimum atomic E-state index is -4.25. The third kappa shape index (κ3) is 4.54. The van der Waals surface area contributed by atoms with Crippen LogP contribution in [-0.2, 0) is 20.2 Å². The van der Waals surface area contributed by atoms with Crippen LogP contribution in [0.1, 0.15) is 34.7 Å². The molecule has 1 N–H and O–H groups in total. The number of benzene rings is 2. The summed E-state index contributed by atoms with van der Waals surface area (Å²) in [5.41, 5.74) is 2.30. The first kappa shape index (κ1) is 26.4. The lowest BCUT2D eigenvalue weighted by Gasteiger charge is -2.22. The Morgan fingerprint density at radius 2 is 1.74 bits per heavy atom. The number of aryl methyl sites for hydroxylation is 2. The molecule has 0 radical (unpaired) electrons. The van der Waals surface area contributed by atoms with Crippen LogP contribution in [0.4, 0.5) is 0 Å². The molecule has 2 aromatic heterocycles. The van der Waals surface area contributed by atoms with Crippen LogP contribution in [0.3, 0.4) is 0 Å². The van der Waals surface area contributed by atoms with E-state index in [0.717, 1.165) is 11.3 Å². The van der Waals surface area contributed by atoms with Gasteiger partial charge in [-0.1, -0.05) is 23.8 Å². The summed E-state index contributed by atoms with van der Waals surface area (Å²) in [6.07, 6.45) is 1.97. The molecule has 2 atom stereocenters. The number of hydrogen-bond acceptors (Lipinski definition) is 8. The van der Waals surface area contributed by atoms with E-state index in [2.05, 4.69) is 14.7 Å². The van der Waals surface area contributed by atoms with Crippen molar-refractivity contribution in [2.24, 2.45) is 0 Å². The lowest BCUT2D eigenvalue weighted by Crippen LogP contribution is -2.40. The number of nitrogens with zero attached hydrogens (tertiary/aromatic N) is 2. The molecule has 1 fully saturated rings. The van der Waals surface area contributed by atoms with E-state index in [9.17, 15) is 13.2 Å². The maximum Gasteiger partial charge on any atom is 0.264 e. The van der Waals surface area contributed by atoms with Crippen molar-refractivity contribution in [2.45, 2.75) is 36.5 Å². The Labute approximate surface area is 227 Å². The maximum atomic E-state index is 14.1. The van der Waals surface area contributed by atoms with Gasteiger partial charge in [0.05, 0.1) is 37.2 Å². The molecule has 1 saturated carbocycles. The highest BCUT2D eigenvalue weighted by Crippen LogP contribution is 2.63. The fraction of sp³-hybridized carbons (Fsp3) is 0.276. The highest BCUT2D eigenvalue weighted by Gasteiger charge is 2.63. The SMILES string of the molecule is COc1ccc(C)cc1[C@]1(C(=O)NS(=O)(=O)c2cccc3nc(C)ccc23)C[C@@H]1c1cnc(OC)c(OC)c1. The number of rotatable bonds is 8. The molecule has 0 bridgehead atoms. The van der Waals surface area contributed by atoms with Crippen LogP contribution in [0.25, 0.3) is 10.9 Å². The van der Waals surface area contributed by atoms with Gasteiger partial charge < -0.3 is 14.2 Å². The molecule has 9 nitrogen and oxygen atoms in total. The predicted octanol–water partition coefficient (Wildman–Crippen LogP) is 4.20. The summed E-state index contributed by atoms with van der Waals surface area (Å²) in [5, 5.41) is 0.432. The zero-order valence-corrected chi connectivity index (χ0v) is 23.1. The van der Waals surface area contributed by atoms with Gasteiger partial charge in [-0.15, -0.1) is 0 Å². The van der Waals surface area contributed by atoms with Gasteiger partial charge in [-0.2, -0.15) is 0 Å². The summed E-state index contributed by atoms with van der Waals surface area (Å²) in [4.78, 5) is 22.9. The molecular weight excluding hydrogens is 518 g/mol. The Morgan fingerprint density at radius 3 is 2.46 bits per heavy atom. The minimum absolute atomic E-state index is 0.0165. The molecule has 202 valence electrons. The topological polar surface area (TPSA) is 117 Å². The number of ether oxygens (including phenoxy) is 3. The largest absolute Gasteiger partial charge is 0.496 e. The standard InChI is InChI=1S/C29H29N3O6S/c1-17-9-12-24(36-3)21(13-17)29(15-22(29)19-14-25(37-4)27(38-5)30-16-19)28(33)32-39(34,35)26-8-6-7-23-20(26)11-10-18(2)31-23/h6-14,16,22H,15H2,1-5H3,(H,32,33)/t22-,29-/m1/s1. The number of pyridine rings is 2. The number of amides is 1. The van der Waals surface area contributed by atoms with E-state index in [4.69, 9.17) is 14.2 Å². The van der Waals surface area contributed by atoms with E-state index >= 15 is 0 Å². The van der Waals surface area contributed by atoms with Gasteiger partial charge in [0.2, 0.25) is 5.91 Å². The quantitative estimate of drug-likeness (QED) is 0.349. The molecule has 0 saturated heterocycles. The van der Waals surface area contributed by atoms with Crippen molar-refractivity contribution >= 4 is 26.8 Å². The number of methoxy groups -OCH3 is 3. The van der Waals surface area contributed by atoms with E-state index in [0.29, 0.717) is 45.8 Å². The van der Waals surface area contributed by atoms with Crippen molar-refractivity contribution < 1.29 is 27.4 Å². The molecule has 4 aromatic rings. The molecule has 1 aliphatic rings. The van der Waals surface area contributed by atoms with Gasteiger partial charge >= 0.3 is 0 Å². The van der Waals surface area contributed by atoms with Crippen molar-refractivity contribution in [3.8, 4) is 17.4 Å². The van der Waals surface area contributed by atoms with Gasteiger partial charge in [0.25, 0.3) is 15.9 Å². The molecule has 2 heterocycles. The summed E-state index contributed by atoms with van der Waals surface area (Å²) in [5.74, 6) is 0.191. The molecule has 1 amide bonds. The summed E-state index contributed by atoms with van der Waals surface area (Å²) >= 11 is 0. The Morgan fingerprint density at radius 1 is 0.974 bits per heavy atom. The van der Waals surface area contributed by atoms with Crippen molar-refractivity contribution in [3.63, 3.8) is 0 Å². The molecule has 2 aromatic carbocycles. The molecule has 10 heteroatoms. The van der Waals surface area contributed by atoms with Gasteiger partial charge in [0.15, 0.2) is 5.75 Å². The van der Waals surface area contributed by atoms with E-state index in [-0.39, 0.29) is 10.8 Å². The number of hydrogen-bond donors (Lipinski definition) is 1. The summed E-state index contributed by atoms with van der Waals surface area (Å²) in [6.45, 7) is 3.74. The van der Waals surface area contributed by atoms with E-state index < -0.39 is 21.3 Å². The Bertz CT molecular complexity index is 1710. The number of carbonyl (C=O) groups is 1. The summed E-state index contributed by atoms with van der Waals surface area (Å²) < 4.78 is 46.0. The second-order valence-corrected chi connectivity index (χ2v) is 11.3. The minimum Gasteiger partial charge on any atom is -0.496 e. The first-order chi connectivity index (χ1) is 18.6. The monoisotopic (exact) mass is 547 g/mol. The summed E-state index contributed by atoms with van der Waals surface area (Å²) in [7, 11) is 0.274. The molecule has 0 aliphatic heterocycles. The second-order valence-electron chi connectivity index (χ2n) is 9.62. The van der Waals surface area contributed by atoms with E-state index in [1.165, 1.54) is 27.4 Å². The Kier molecular flexibility index (Phi) is 6.67. The van der Waals surface area contributed by atoms with Crippen molar-refractivity contribution in [2.75, 3.05) is 21.3 Å².